The summed E-state index contributed by atoms with van der Waals surface area (Å²) in [5, 5.41) is 15.6. The lowest BCUT2D eigenvalue weighted by molar-refractivity contribution is -0.134. The van der Waals surface area contributed by atoms with Gasteiger partial charge in [-0.2, -0.15) is 0 Å². The highest BCUT2D eigenvalue weighted by Crippen LogP contribution is 2.23. The molecule has 0 aromatic heterocycles. The van der Waals surface area contributed by atoms with Crippen molar-refractivity contribution in [2.45, 2.75) is 26.2 Å². The standard InChI is InChI=1S/C21H23NO.C4H4O4/c1-2-3-15-23-19-10-11-20-18(16-19)13-14-22-21(20)12-9-17-7-5-4-6-8-17;5-3(6)1-2-4(7)8/h4-12,16H,2-3,13-15H2,1H3;1-2H,(H,5,6)(H,7,8). The third kappa shape index (κ3) is 8.70. The van der Waals surface area contributed by atoms with Gasteiger partial charge in [-0.1, -0.05) is 49.8 Å². The minimum atomic E-state index is -1.26. The molecule has 0 saturated heterocycles. The second-order valence-electron chi connectivity index (χ2n) is 6.79. The molecule has 162 valence electrons. The van der Waals surface area contributed by atoms with Gasteiger partial charge in [0.25, 0.3) is 0 Å². The minimum absolute atomic E-state index is 0.558. The highest BCUT2D eigenvalue weighted by Gasteiger charge is 2.13. The number of aliphatic carboxylic acids is 2. The number of carbonyl (C=O) groups is 2. The second-order valence-corrected chi connectivity index (χ2v) is 6.79. The van der Waals surface area contributed by atoms with Crippen LogP contribution in [-0.2, 0) is 16.0 Å². The molecule has 2 aromatic rings. The van der Waals surface area contributed by atoms with E-state index in [2.05, 4.69) is 66.5 Å². The zero-order valence-electron chi connectivity index (χ0n) is 17.5. The summed E-state index contributed by atoms with van der Waals surface area (Å²) in [5.41, 5.74) is 4.82. The monoisotopic (exact) mass is 421 g/mol. The average Bonchev–Trinajstić information content (AvgIpc) is 2.77. The molecule has 0 amide bonds. The fraction of sp³-hybridized carbons (Fsp3) is 0.240. The molecule has 2 N–H and O–H groups in total. The van der Waals surface area contributed by atoms with Crippen LogP contribution in [0.3, 0.4) is 0 Å². The van der Waals surface area contributed by atoms with Crippen molar-refractivity contribution in [2.75, 3.05) is 13.2 Å². The number of unbranched alkanes of at least 4 members (excludes halogenated alkanes) is 1. The summed E-state index contributed by atoms with van der Waals surface area (Å²) in [6.45, 7) is 3.82. The van der Waals surface area contributed by atoms with Gasteiger partial charge in [-0.25, -0.2) is 9.59 Å². The Morgan fingerprint density at radius 1 is 1.03 bits per heavy atom. The normalized spacial score (nSPS) is 12.6. The molecule has 0 atom stereocenters. The molecule has 6 nitrogen and oxygen atoms in total. The van der Waals surface area contributed by atoms with Gasteiger partial charge < -0.3 is 14.9 Å². The quantitative estimate of drug-likeness (QED) is 0.478. The fourth-order valence-electron chi connectivity index (χ4n) is 2.86. The number of ether oxygens (including phenoxy) is 1. The third-order valence-electron chi connectivity index (χ3n) is 4.38. The molecular weight excluding hydrogens is 394 g/mol. The molecule has 0 aliphatic carbocycles. The van der Waals surface area contributed by atoms with Crippen molar-refractivity contribution >= 4 is 23.7 Å². The Morgan fingerprint density at radius 3 is 2.39 bits per heavy atom. The first kappa shape index (κ1) is 23.6. The highest BCUT2D eigenvalue weighted by atomic mass is 16.5. The molecule has 0 unspecified atom stereocenters. The van der Waals surface area contributed by atoms with Crippen molar-refractivity contribution in [3.05, 3.63) is 83.4 Å². The zero-order chi connectivity index (χ0) is 22.5. The minimum Gasteiger partial charge on any atom is -0.494 e. The maximum atomic E-state index is 9.55. The maximum Gasteiger partial charge on any atom is 0.328 e. The molecule has 31 heavy (non-hydrogen) atoms. The summed E-state index contributed by atoms with van der Waals surface area (Å²) in [4.78, 5) is 23.8. The molecule has 6 heteroatoms. The SMILES string of the molecule is CCCCOc1ccc2c(c1)CCN=C2C=Cc1ccccc1.O=C(O)C=CC(=O)O. The molecule has 0 saturated carbocycles. The summed E-state index contributed by atoms with van der Waals surface area (Å²) < 4.78 is 5.82. The lowest BCUT2D eigenvalue weighted by Crippen LogP contribution is -2.11. The van der Waals surface area contributed by atoms with E-state index in [9.17, 15) is 9.59 Å². The van der Waals surface area contributed by atoms with Crippen molar-refractivity contribution < 1.29 is 24.5 Å². The number of carboxylic acids is 2. The summed E-state index contributed by atoms with van der Waals surface area (Å²) in [6, 6.07) is 16.7. The first-order valence-corrected chi connectivity index (χ1v) is 10.2. The number of hydrogen-bond donors (Lipinski definition) is 2. The Kier molecular flexibility index (Phi) is 9.75. The smallest absolute Gasteiger partial charge is 0.328 e. The van der Waals surface area contributed by atoms with E-state index in [4.69, 9.17) is 14.9 Å². The van der Waals surface area contributed by atoms with Gasteiger partial charge in [0.2, 0.25) is 0 Å². The van der Waals surface area contributed by atoms with Crippen molar-refractivity contribution in [3.8, 4) is 5.75 Å². The zero-order valence-corrected chi connectivity index (χ0v) is 17.5. The van der Waals surface area contributed by atoms with Crippen LogP contribution in [0.4, 0.5) is 0 Å². The van der Waals surface area contributed by atoms with Crippen LogP contribution in [0.1, 0.15) is 36.5 Å². The molecule has 2 aromatic carbocycles. The van der Waals surface area contributed by atoms with Crippen LogP contribution in [0.5, 0.6) is 5.75 Å². The number of carboxylic acid groups (broad SMARTS) is 2. The van der Waals surface area contributed by atoms with E-state index in [0.29, 0.717) is 12.2 Å². The van der Waals surface area contributed by atoms with Gasteiger partial charge in [-0.15, -0.1) is 0 Å². The van der Waals surface area contributed by atoms with Crippen LogP contribution in [-0.4, -0.2) is 41.0 Å². The Bertz CT molecular complexity index is 945. The molecule has 3 rings (SSSR count). The number of benzene rings is 2. The highest BCUT2D eigenvalue weighted by molar-refractivity contribution is 6.12. The lowest BCUT2D eigenvalue weighted by atomic mass is 9.96. The van der Waals surface area contributed by atoms with Crippen LogP contribution < -0.4 is 4.74 Å². The number of fused-ring (bicyclic) bond motifs is 1. The molecule has 1 aliphatic heterocycles. The molecule has 0 radical (unpaired) electrons. The first-order valence-electron chi connectivity index (χ1n) is 10.2. The van der Waals surface area contributed by atoms with E-state index in [-0.39, 0.29) is 0 Å². The first-order chi connectivity index (χ1) is 15.0. The van der Waals surface area contributed by atoms with Crippen LogP contribution >= 0.6 is 0 Å². The van der Waals surface area contributed by atoms with Gasteiger partial charge in [0.1, 0.15) is 5.75 Å². The Labute approximate surface area is 182 Å². The van der Waals surface area contributed by atoms with E-state index >= 15 is 0 Å². The summed E-state index contributed by atoms with van der Waals surface area (Å²) in [6.07, 6.45) is 8.60. The maximum absolute atomic E-state index is 9.55. The number of nitrogens with zero attached hydrogens (tertiary/aromatic N) is 1. The Morgan fingerprint density at radius 2 is 1.74 bits per heavy atom. The third-order valence-corrected chi connectivity index (χ3v) is 4.38. The lowest BCUT2D eigenvalue weighted by Gasteiger charge is -2.16. The van der Waals surface area contributed by atoms with E-state index in [1.54, 1.807) is 0 Å². The van der Waals surface area contributed by atoms with E-state index < -0.39 is 11.9 Å². The van der Waals surface area contributed by atoms with Crippen molar-refractivity contribution in [1.29, 1.82) is 0 Å². The van der Waals surface area contributed by atoms with Gasteiger partial charge in [-0.05, 0) is 48.2 Å². The number of aliphatic imine (C=N–C) groups is 1. The van der Waals surface area contributed by atoms with Crippen LogP contribution in [0.2, 0.25) is 0 Å². The van der Waals surface area contributed by atoms with E-state index in [0.717, 1.165) is 43.9 Å². The number of allylic oxidation sites excluding steroid dienone is 1. The van der Waals surface area contributed by atoms with Crippen LogP contribution in [0, 0.1) is 0 Å². The molecule has 0 spiro atoms. The van der Waals surface area contributed by atoms with Crippen molar-refractivity contribution in [2.24, 2.45) is 4.99 Å². The van der Waals surface area contributed by atoms with Gasteiger partial charge in [0.15, 0.2) is 0 Å². The molecule has 0 fully saturated rings. The topological polar surface area (TPSA) is 96.2 Å². The van der Waals surface area contributed by atoms with Gasteiger partial charge in [-0.3, -0.25) is 4.99 Å². The Hall–Kier alpha value is -3.67. The molecule has 1 aliphatic rings. The second kappa shape index (κ2) is 12.8. The average molecular weight is 421 g/mol. The summed E-state index contributed by atoms with van der Waals surface area (Å²) in [7, 11) is 0. The number of hydrogen-bond acceptors (Lipinski definition) is 4. The van der Waals surface area contributed by atoms with E-state index in [1.165, 1.54) is 16.7 Å². The van der Waals surface area contributed by atoms with Crippen LogP contribution in [0.15, 0.2) is 71.8 Å². The molecule has 1 heterocycles. The number of rotatable bonds is 8. The van der Waals surface area contributed by atoms with Crippen molar-refractivity contribution in [1.82, 2.24) is 0 Å². The summed E-state index contributed by atoms with van der Waals surface area (Å²) >= 11 is 0. The van der Waals surface area contributed by atoms with Gasteiger partial charge >= 0.3 is 11.9 Å². The molecular formula is C25H27NO5. The van der Waals surface area contributed by atoms with Crippen LogP contribution in [0.25, 0.3) is 6.08 Å². The predicted molar refractivity (Wildman–Crippen MR) is 122 cm³/mol. The van der Waals surface area contributed by atoms with Crippen molar-refractivity contribution in [3.63, 3.8) is 0 Å². The van der Waals surface area contributed by atoms with Gasteiger partial charge in [0, 0.05) is 24.3 Å². The Balaban J connectivity index is 0.000000366. The summed E-state index contributed by atoms with van der Waals surface area (Å²) in [5.74, 6) is -1.54. The van der Waals surface area contributed by atoms with Gasteiger partial charge in [0.05, 0.1) is 12.3 Å². The molecule has 0 bridgehead atoms. The predicted octanol–water partition coefficient (Wildman–Crippen LogP) is 4.64. The van der Waals surface area contributed by atoms with E-state index in [1.807, 2.05) is 6.07 Å². The largest absolute Gasteiger partial charge is 0.494 e. The fourth-order valence-corrected chi connectivity index (χ4v) is 2.86.